The number of imide groups is 1. The van der Waals surface area contributed by atoms with E-state index in [-0.39, 0.29) is 19.6 Å². The molecule has 22 heavy (non-hydrogen) atoms. The van der Waals surface area contributed by atoms with Crippen LogP contribution < -0.4 is 5.32 Å². The summed E-state index contributed by atoms with van der Waals surface area (Å²) in [7, 11) is -4.76. The van der Waals surface area contributed by atoms with E-state index in [1.165, 1.54) is 19.9 Å². The number of amides is 2. The van der Waals surface area contributed by atoms with Crippen LogP contribution in [0.2, 0.25) is 0 Å². The average molecular weight is 337 g/mol. The number of rotatable bonds is 6. The van der Waals surface area contributed by atoms with Crippen molar-refractivity contribution in [1.29, 1.82) is 0 Å². The van der Waals surface area contributed by atoms with Crippen LogP contribution in [0.15, 0.2) is 12.2 Å². The summed E-state index contributed by atoms with van der Waals surface area (Å²) in [5.74, 6) is -5.19. The van der Waals surface area contributed by atoms with Gasteiger partial charge in [0.2, 0.25) is 11.8 Å². The lowest BCUT2D eigenvalue weighted by atomic mass is 9.77. The van der Waals surface area contributed by atoms with Crippen LogP contribution in [0.5, 0.6) is 0 Å². The smallest absolute Gasteiger partial charge is 0.305 e. The highest BCUT2D eigenvalue weighted by Gasteiger charge is 2.64. The molecule has 2 amide bonds. The standard InChI is InChI=1S/C13H18F2NO5P/c1-3-20-22(19,21-4-2)13(14,15)9-7-5-6-8-10(9)12(18)16-11(8)17/h5,7-10H,3-4,6H2,1-2H3,(H,16,17,18)/t8-,9+,10-/m1/s1. The van der Waals surface area contributed by atoms with Gasteiger partial charge in [0.25, 0.3) is 0 Å². The monoisotopic (exact) mass is 337 g/mol. The maximum atomic E-state index is 14.8. The Kier molecular flexibility index (Phi) is 4.84. The van der Waals surface area contributed by atoms with Crippen molar-refractivity contribution in [3.63, 3.8) is 0 Å². The zero-order valence-electron chi connectivity index (χ0n) is 12.3. The van der Waals surface area contributed by atoms with E-state index in [1.54, 1.807) is 0 Å². The normalized spacial score (nSPS) is 28.6. The molecule has 0 bridgehead atoms. The summed E-state index contributed by atoms with van der Waals surface area (Å²) in [5.41, 5.74) is -3.90. The summed E-state index contributed by atoms with van der Waals surface area (Å²) < 4.78 is 51.6. The van der Waals surface area contributed by atoms with E-state index in [2.05, 4.69) is 5.32 Å². The molecule has 1 N–H and O–H groups in total. The molecule has 1 aliphatic heterocycles. The molecule has 1 saturated heterocycles. The first-order valence-corrected chi connectivity index (χ1v) is 8.61. The van der Waals surface area contributed by atoms with Crippen molar-refractivity contribution in [3.8, 4) is 0 Å². The Morgan fingerprint density at radius 1 is 1.27 bits per heavy atom. The molecule has 2 rings (SSSR count). The summed E-state index contributed by atoms with van der Waals surface area (Å²) in [4.78, 5) is 23.5. The second-order valence-corrected chi connectivity index (χ2v) is 7.20. The van der Waals surface area contributed by atoms with Gasteiger partial charge in [0, 0.05) is 0 Å². The van der Waals surface area contributed by atoms with Crippen LogP contribution in [0.1, 0.15) is 20.3 Å². The summed E-state index contributed by atoms with van der Waals surface area (Å²) in [6.07, 6.45) is 2.73. The Labute approximate surface area is 126 Å². The Bertz CT molecular complexity index is 541. The van der Waals surface area contributed by atoms with Crippen molar-refractivity contribution >= 4 is 19.4 Å². The van der Waals surface area contributed by atoms with Crippen LogP contribution in [0.3, 0.4) is 0 Å². The van der Waals surface area contributed by atoms with Crippen LogP contribution in [0.25, 0.3) is 0 Å². The van der Waals surface area contributed by atoms with Gasteiger partial charge >= 0.3 is 13.3 Å². The highest BCUT2D eigenvalue weighted by Crippen LogP contribution is 2.67. The van der Waals surface area contributed by atoms with Gasteiger partial charge in [0.15, 0.2) is 0 Å². The van der Waals surface area contributed by atoms with E-state index in [4.69, 9.17) is 9.05 Å². The van der Waals surface area contributed by atoms with Crippen molar-refractivity contribution in [3.05, 3.63) is 12.2 Å². The number of hydrogen-bond acceptors (Lipinski definition) is 5. The first-order valence-electron chi connectivity index (χ1n) is 7.06. The molecule has 3 atom stereocenters. The molecule has 124 valence electrons. The fraction of sp³-hybridized carbons (Fsp3) is 0.692. The van der Waals surface area contributed by atoms with Gasteiger partial charge in [0.1, 0.15) is 0 Å². The zero-order valence-corrected chi connectivity index (χ0v) is 13.1. The van der Waals surface area contributed by atoms with Crippen LogP contribution in [-0.4, -0.2) is 30.7 Å². The van der Waals surface area contributed by atoms with Crippen LogP contribution in [0, 0.1) is 17.8 Å². The Balaban J connectivity index is 2.40. The number of nitrogens with one attached hydrogen (secondary N) is 1. The molecule has 0 aromatic heterocycles. The van der Waals surface area contributed by atoms with Crippen molar-refractivity contribution in [2.24, 2.45) is 17.8 Å². The molecule has 0 unspecified atom stereocenters. The number of halogens is 2. The molecule has 0 saturated carbocycles. The SMILES string of the molecule is CCOP(=O)(OCC)C(F)(F)[C@H]1C=CC[C@H]2C(=O)NC(=O)[C@H]21. The quantitative estimate of drug-likeness (QED) is 0.457. The Hall–Kier alpha value is -1.11. The van der Waals surface area contributed by atoms with Crippen molar-refractivity contribution < 1.29 is 32.0 Å². The van der Waals surface area contributed by atoms with Crippen LogP contribution in [0.4, 0.5) is 8.78 Å². The van der Waals surface area contributed by atoms with E-state index in [1.807, 2.05) is 0 Å². The molecule has 6 nitrogen and oxygen atoms in total. The molecule has 0 spiro atoms. The highest BCUT2D eigenvalue weighted by atomic mass is 31.2. The number of allylic oxidation sites excluding steroid dienone is 2. The number of carbonyl (C=O) groups is 2. The minimum absolute atomic E-state index is 0.197. The van der Waals surface area contributed by atoms with E-state index < -0.39 is 42.8 Å². The maximum Gasteiger partial charge on any atom is 0.400 e. The van der Waals surface area contributed by atoms with E-state index >= 15 is 0 Å². The molecule has 1 fully saturated rings. The second-order valence-electron chi connectivity index (χ2n) is 5.10. The molecule has 0 aromatic carbocycles. The minimum atomic E-state index is -4.76. The summed E-state index contributed by atoms with van der Waals surface area (Å²) >= 11 is 0. The molecular formula is C13H18F2NO5P. The maximum absolute atomic E-state index is 14.8. The van der Waals surface area contributed by atoms with Crippen LogP contribution in [-0.2, 0) is 23.2 Å². The third-order valence-corrected chi connectivity index (χ3v) is 6.03. The van der Waals surface area contributed by atoms with E-state index in [0.29, 0.717) is 0 Å². The van der Waals surface area contributed by atoms with Crippen molar-refractivity contribution in [1.82, 2.24) is 5.32 Å². The molecular weight excluding hydrogens is 319 g/mol. The fourth-order valence-corrected chi connectivity index (χ4v) is 4.58. The highest BCUT2D eigenvalue weighted by molar-refractivity contribution is 7.55. The number of fused-ring (bicyclic) bond motifs is 1. The van der Waals surface area contributed by atoms with Gasteiger partial charge in [-0.15, -0.1) is 0 Å². The number of hydrogen-bond donors (Lipinski definition) is 1. The third-order valence-electron chi connectivity index (χ3n) is 3.80. The number of carbonyl (C=O) groups excluding carboxylic acids is 2. The van der Waals surface area contributed by atoms with Gasteiger partial charge in [-0.1, -0.05) is 12.2 Å². The lowest BCUT2D eigenvalue weighted by Gasteiger charge is -2.35. The molecule has 1 aliphatic carbocycles. The predicted octanol–water partition coefficient (Wildman–Crippen LogP) is 2.31. The van der Waals surface area contributed by atoms with Gasteiger partial charge in [0.05, 0.1) is 31.0 Å². The fourth-order valence-electron chi connectivity index (χ4n) is 2.87. The molecule has 1 heterocycles. The molecule has 2 aliphatic rings. The van der Waals surface area contributed by atoms with Gasteiger partial charge in [-0.3, -0.25) is 19.5 Å². The third kappa shape index (κ3) is 2.64. The van der Waals surface area contributed by atoms with Gasteiger partial charge < -0.3 is 9.05 Å². The largest absolute Gasteiger partial charge is 0.400 e. The first-order chi connectivity index (χ1) is 10.3. The van der Waals surface area contributed by atoms with E-state index in [0.717, 1.165) is 6.08 Å². The first kappa shape index (κ1) is 17.2. The van der Waals surface area contributed by atoms with Gasteiger partial charge in [-0.2, -0.15) is 8.78 Å². The lowest BCUT2D eigenvalue weighted by Crippen LogP contribution is -2.40. The summed E-state index contributed by atoms with van der Waals surface area (Å²) in [5, 5.41) is 2.05. The second kappa shape index (κ2) is 6.18. The summed E-state index contributed by atoms with van der Waals surface area (Å²) in [6, 6.07) is 0. The van der Waals surface area contributed by atoms with Crippen LogP contribution >= 0.6 is 7.60 Å². The molecule has 9 heteroatoms. The minimum Gasteiger partial charge on any atom is -0.305 e. The van der Waals surface area contributed by atoms with Crippen molar-refractivity contribution in [2.45, 2.75) is 25.9 Å². The Morgan fingerprint density at radius 2 is 1.86 bits per heavy atom. The Morgan fingerprint density at radius 3 is 2.41 bits per heavy atom. The number of alkyl halides is 2. The van der Waals surface area contributed by atoms with Crippen molar-refractivity contribution in [2.75, 3.05) is 13.2 Å². The topological polar surface area (TPSA) is 81.7 Å². The lowest BCUT2D eigenvalue weighted by molar-refractivity contribution is -0.128. The zero-order chi connectivity index (χ0) is 16.5. The van der Waals surface area contributed by atoms with Gasteiger partial charge in [-0.05, 0) is 20.3 Å². The predicted molar refractivity (Wildman–Crippen MR) is 73.2 cm³/mol. The summed E-state index contributed by atoms with van der Waals surface area (Å²) in [6.45, 7) is 2.41. The average Bonchev–Trinajstić information content (AvgIpc) is 2.74. The van der Waals surface area contributed by atoms with Gasteiger partial charge in [-0.25, -0.2) is 0 Å². The molecule has 0 radical (unpaired) electrons. The van der Waals surface area contributed by atoms with E-state index in [9.17, 15) is 22.9 Å². The molecule has 0 aromatic rings.